The molecular formula is C9H15NO2. The van der Waals surface area contributed by atoms with Crippen molar-refractivity contribution in [1.29, 1.82) is 0 Å². The van der Waals surface area contributed by atoms with E-state index in [1.165, 1.54) is 0 Å². The molecule has 2 rings (SSSR count). The van der Waals surface area contributed by atoms with Gasteiger partial charge in [0.2, 0.25) is 5.91 Å². The van der Waals surface area contributed by atoms with Gasteiger partial charge in [-0.25, -0.2) is 0 Å². The van der Waals surface area contributed by atoms with Crippen LogP contribution in [0, 0.1) is 17.8 Å². The van der Waals surface area contributed by atoms with E-state index in [0.29, 0.717) is 12.3 Å². The van der Waals surface area contributed by atoms with Gasteiger partial charge in [0.25, 0.3) is 0 Å². The van der Waals surface area contributed by atoms with Crippen LogP contribution in [-0.2, 0) is 9.53 Å². The van der Waals surface area contributed by atoms with Crippen LogP contribution < -0.4 is 5.32 Å². The largest absolute Gasteiger partial charge is 0.381 e. The van der Waals surface area contributed by atoms with Crippen molar-refractivity contribution in [2.45, 2.75) is 13.3 Å². The van der Waals surface area contributed by atoms with Crippen molar-refractivity contribution < 1.29 is 9.53 Å². The summed E-state index contributed by atoms with van der Waals surface area (Å²) in [5, 5.41) is 2.93. The Morgan fingerprint density at radius 1 is 1.50 bits per heavy atom. The number of rotatable bonds is 3. The Morgan fingerprint density at radius 2 is 2.17 bits per heavy atom. The predicted octanol–water partition coefficient (Wildman–Crippen LogP) is 0.405. The second-order valence-corrected chi connectivity index (χ2v) is 3.69. The standard InChI is InChI=1S/C9H15NO2/c1-2-9(11)10-3-6-7-4-12-5-8(6)7/h6-8H,2-5H2,1H3,(H,10,11). The molecule has 1 aliphatic heterocycles. The van der Waals surface area contributed by atoms with Crippen LogP contribution in [0.4, 0.5) is 0 Å². The third-order valence-corrected chi connectivity index (χ3v) is 2.99. The number of ether oxygens (including phenoxy) is 1. The van der Waals surface area contributed by atoms with Gasteiger partial charge < -0.3 is 10.1 Å². The van der Waals surface area contributed by atoms with E-state index in [9.17, 15) is 4.79 Å². The summed E-state index contributed by atoms with van der Waals surface area (Å²) >= 11 is 0. The fourth-order valence-corrected chi connectivity index (χ4v) is 2.02. The topological polar surface area (TPSA) is 38.3 Å². The molecule has 1 saturated heterocycles. The van der Waals surface area contributed by atoms with Gasteiger partial charge in [0.05, 0.1) is 13.2 Å². The number of hydrogen-bond donors (Lipinski definition) is 1. The molecule has 2 fully saturated rings. The molecule has 3 nitrogen and oxygen atoms in total. The van der Waals surface area contributed by atoms with Gasteiger partial charge in [-0.05, 0) is 17.8 Å². The highest BCUT2D eigenvalue weighted by Gasteiger charge is 2.53. The van der Waals surface area contributed by atoms with Crippen LogP contribution in [0.5, 0.6) is 0 Å². The molecule has 68 valence electrons. The molecule has 0 radical (unpaired) electrons. The van der Waals surface area contributed by atoms with E-state index in [1.54, 1.807) is 0 Å². The smallest absolute Gasteiger partial charge is 0.219 e. The molecule has 3 heteroatoms. The van der Waals surface area contributed by atoms with E-state index in [2.05, 4.69) is 5.32 Å². The second-order valence-electron chi connectivity index (χ2n) is 3.69. The van der Waals surface area contributed by atoms with Gasteiger partial charge in [0.15, 0.2) is 0 Å². The average molecular weight is 169 g/mol. The zero-order chi connectivity index (χ0) is 8.55. The molecule has 0 spiro atoms. The molecule has 1 N–H and O–H groups in total. The molecule has 1 saturated carbocycles. The van der Waals surface area contributed by atoms with Crippen molar-refractivity contribution in [3.63, 3.8) is 0 Å². The average Bonchev–Trinajstić information content (AvgIpc) is 2.55. The van der Waals surface area contributed by atoms with Gasteiger partial charge >= 0.3 is 0 Å². The third-order valence-electron chi connectivity index (χ3n) is 2.99. The van der Waals surface area contributed by atoms with Gasteiger partial charge in [0.1, 0.15) is 0 Å². The van der Waals surface area contributed by atoms with Crippen LogP contribution in [0.15, 0.2) is 0 Å². The third kappa shape index (κ3) is 1.33. The highest BCUT2D eigenvalue weighted by Crippen LogP contribution is 2.50. The maximum atomic E-state index is 10.9. The molecule has 1 heterocycles. The van der Waals surface area contributed by atoms with Crippen LogP contribution in [0.25, 0.3) is 0 Å². The molecule has 2 unspecified atom stereocenters. The van der Waals surface area contributed by atoms with Crippen LogP contribution in [0.3, 0.4) is 0 Å². The Labute approximate surface area is 72.5 Å². The fourth-order valence-electron chi connectivity index (χ4n) is 2.02. The Balaban J connectivity index is 1.67. The van der Waals surface area contributed by atoms with Crippen molar-refractivity contribution >= 4 is 5.91 Å². The predicted molar refractivity (Wildman–Crippen MR) is 44.6 cm³/mol. The van der Waals surface area contributed by atoms with Gasteiger partial charge in [0, 0.05) is 13.0 Å². The Morgan fingerprint density at radius 3 is 2.75 bits per heavy atom. The first-order valence-corrected chi connectivity index (χ1v) is 4.67. The summed E-state index contributed by atoms with van der Waals surface area (Å²) in [6, 6.07) is 0. The Hall–Kier alpha value is -0.570. The van der Waals surface area contributed by atoms with Crippen molar-refractivity contribution in [2.24, 2.45) is 17.8 Å². The van der Waals surface area contributed by atoms with Crippen molar-refractivity contribution in [3.05, 3.63) is 0 Å². The Kier molecular flexibility index (Phi) is 2.05. The highest BCUT2D eigenvalue weighted by atomic mass is 16.5. The first kappa shape index (κ1) is 8.05. The summed E-state index contributed by atoms with van der Waals surface area (Å²) in [6.07, 6.45) is 0.596. The monoisotopic (exact) mass is 169 g/mol. The minimum Gasteiger partial charge on any atom is -0.381 e. The minimum atomic E-state index is 0.167. The maximum absolute atomic E-state index is 10.9. The van der Waals surface area contributed by atoms with E-state index < -0.39 is 0 Å². The zero-order valence-corrected chi connectivity index (χ0v) is 7.38. The van der Waals surface area contributed by atoms with Crippen molar-refractivity contribution in [1.82, 2.24) is 5.32 Å². The van der Waals surface area contributed by atoms with E-state index in [-0.39, 0.29) is 5.91 Å². The first-order chi connectivity index (χ1) is 5.83. The van der Waals surface area contributed by atoms with Gasteiger partial charge in [-0.15, -0.1) is 0 Å². The summed E-state index contributed by atoms with van der Waals surface area (Å²) in [5.41, 5.74) is 0. The van der Waals surface area contributed by atoms with Gasteiger partial charge in [-0.1, -0.05) is 6.92 Å². The molecule has 12 heavy (non-hydrogen) atoms. The van der Waals surface area contributed by atoms with Gasteiger partial charge in [-0.3, -0.25) is 4.79 Å². The van der Waals surface area contributed by atoms with Gasteiger partial charge in [-0.2, -0.15) is 0 Å². The molecular weight excluding hydrogens is 154 g/mol. The van der Waals surface area contributed by atoms with Crippen LogP contribution >= 0.6 is 0 Å². The molecule has 0 aromatic heterocycles. The first-order valence-electron chi connectivity index (χ1n) is 4.67. The molecule has 2 atom stereocenters. The number of amides is 1. The summed E-state index contributed by atoms with van der Waals surface area (Å²) < 4.78 is 5.26. The summed E-state index contributed by atoms with van der Waals surface area (Å²) in [7, 11) is 0. The zero-order valence-electron chi connectivity index (χ0n) is 7.38. The Bertz CT molecular complexity index is 183. The lowest BCUT2D eigenvalue weighted by molar-refractivity contribution is -0.120. The quantitative estimate of drug-likeness (QED) is 0.664. The molecule has 1 amide bonds. The van der Waals surface area contributed by atoms with Crippen LogP contribution in [0.1, 0.15) is 13.3 Å². The van der Waals surface area contributed by atoms with Crippen molar-refractivity contribution in [3.8, 4) is 0 Å². The number of carbonyl (C=O) groups excluding carboxylic acids is 1. The molecule has 0 bridgehead atoms. The van der Waals surface area contributed by atoms with Crippen molar-refractivity contribution in [2.75, 3.05) is 19.8 Å². The fraction of sp³-hybridized carbons (Fsp3) is 0.889. The number of carbonyl (C=O) groups is 1. The molecule has 1 aliphatic carbocycles. The normalized spacial score (nSPS) is 37.6. The lowest BCUT2D eigenvalue weighted by Crippen LogP contribution is -2.26. The van der Waals surface area contributed by atoms with E-state index >= 15 is 0 Å². The van der Waals surface area contributed by atoms with E-state index in [1.807, 2.05) is 6.92 Å². The van der Waals surface area contributed by atoms with Crippen LogP contribution in [-0.4, -0.2) is 25.7 Å². The number of fused-ring (bicyclic) bond motifs is 1. The number of hydrogen-bond acceptors (Lipinski definition) is 2. The van der Waals surface area contributed by atoms with Crippen LogP contribution in [0.2, 0.25) is 0 Å². The van der Waals surface area contributed by atoms with E-state index in [4.69, 9.17) is 4.74 Å². The summed E-state index contributed by atoms with van der Waals surface area (Å²) in [6.45, 7) is 4.58. The lowest BCUT2D eigenvalue weighted by atomic mass is 10.3. The summed E-state index contributed by atoms with van der Waals surface area (Å²) in [5.74, 6) is 2.39. The SMILES string of the molecule is CCC(=O)NCC1C2COCC12. The highest BCUT2D eigenvalue weighted by molar-refractivity contribution is 5.75. The molecule has 0 aromatic rings. The molecule has 2 aliphatic rings. The second kappa shape index (κ2) is 3.05. The summed E-state index contributed by atoms with van der Waals surface area (Å²) in [4.78, 5) is 10.9. The molecule has 0 aromatic carbocycles. The minimum absolute atomic E-state index is 0.167. The maximum Gasteiger partial charge on any atom is 0.219 e. The van der Waals surface area contributed by atoms with E-state index in [0.717, 1.165) is 31.6 Å². The lowest BCUT2D eigenvalue weighted by Gasteiger charge is -2.04. The number of nitrogens with one attached hydrogen (secondary N) is 1.